The molecule has 0 atom stereocenters. The van der Waals surface area contributed by atoms with Crippen LogP contribution in [0.4, 0.5) is 11.6 Å². The Hall–Kier alpha value is -2.61. The van der Waals surface area contributed by atoms with Crippen LogP contribution in [-0.4, -0.2) is 16.5 Å². The number of anilines is 2. The molecule has 0 aliphatic carbocycles. The van der Waals surface area contributed by atoms with Crippen molar-refractivity contribution in [1.29, 1.82) is 5.26 Å². The number of nitrogens with one attached hydrogen (secondary N) is 2. The fourth-order valence-corrected chi connectivity index (χ4v) is 1.77. The standard InChI is InChI=1S/C15H17N5/c1-2-12-3-5-13(6-4-12)10-18-15-9-14(17-8-7-16)19-11-20-15/h3-6,9,11H,2,8,10H2,1H3,(H2,17,18,19,20). The minimum atomic E-state index is 0.231. The van der Waals surface area contributed by atoms with Gasteiger partial charge >= 0.3 is 0 Å². The summed E-state index contributed by atoms with van der Waals surface area (Å²) in [7, 11) is 0. The van der Waals surface area contributed by atoms with E-state index in [-0.39, 0.29) is 6.54 Å². The molecule has 20 heavy (non-hydrogen) atoms. The Morgan fingerprint density at radius 2 is 1.70 bits per heavy atom. The predicted octanol–water partition coefficient (Wildman–Crippen LogP) is 2.59. The quantitative estimate of drug-likeness (QED) is 0.787. The Morgan fingerprint density at radius 1 is 1.05 bits per heavy atom. The monoisotopic (exact) mass is 267 g/mol. The molecule has 2 N–H and O–H groups in total. The molecule has 0 saturated heterocycles. The van der Waals surface area contributed by atoms with E-state index in [1.54, 1.807) is 6.07 Å². The van der Waals surface area contributed by atoms with Crippen LogP contribution in [0.15, 0.2) is 36.7 Å². The number of benzene rings is 1. The zero-order valence-electron chi connectivity index (χ0n) is 11.4. The Balaban J connectivity index is 1.94. The maximum atomic E-state index is 8.52. The number of rotatable bonds is 6. The summed E-state index contributed by atoms with van der Waals surface area (Å²) in [5.74, 6) is 1.38. The van der Waals surface area contributed by atoms with E-state index in [0.717, 1.165) is 12.2 Å². The third-order valence-corrected chi connectivity index (χ3v) is 2.92. The molecule has 1 heterocycles. The summed E-state index contributed by atoms with van der Waals surface area (Å²) in [5, 5.41) is 14.7. The first kappa shape index (κ1) is 13.8. The fourth-order valence-electron chi connectivity index (χ4n) is 1.77. The first-order chi connectivity index (χ1) is 9.81. The van der Waals surface area contributed by atoms with Crippen LogP contribution in [0, 0.1) is 11.3 Å². The van der Waals surface area contributed by atoms with Crippen molar-refractivity contribution in [3.63, 3.8) is 0 Å². The van der Waals surface area contributed by atoms with E-state index in [9.17, 15) is 0 Å². The number of hydrogen-bond acceptors (Lipinski definition) is 5. The summed E-state index contributed by atoms with van der Waals surface area (Å²) in [6.07, 6.45) is 2.52. The van der Waals surface area contributed by atoms with Crippen molar-refractivity contribution in [2.45, 2.75) is 19.9 Å². The van der Waals surface area contributed by atoms with Crippen LogP contribution >= 0.6 is 0 Å². The van der Waals surface area contributed by atoms with Crippen LogP contribution in [0.25, 0.3) is 0 Å². The molecular weight excluding hydrogens is 250 g/mol. The van der Waals surface area contributed by atoms with Gasteiger partial charge < -0.3 is 10.6 Å². The summed E-state index contributed by atoms with van der Waals surface area (Å²) in [4.78, 5) is 8.19. The highest BCUT2D eigenvalue weighted by Gasteiger charge is 1.99. The van der Waals surface area contributed by atoms with Crippen LogP contribution in [0.1, 0.15) is 18.1 Å². The van der Waals surface area contributed by atoms with E-state index in [1.165, 1.54) is 17.5 Å². The lowest BCUT2D eigenvalue weighted by atomic mass is 10.1. The lowest BCUT2D eigenvalue weighted by Gasteiger charge is -2.07. The predicted molar refractivity (Wildman–Crippen MR) is 79.3 cm³/mol. The van der Waals surface area contributed by atoms with E-state index < -0.39 is 0 Å². The third-order valence-electron chi connectivity index (χ3n) is 2.92. The van der Waals surface area contributed by atoms with Crippen molar-refractivity contribution < 1.29 is 0 Å². The SMILES string of the molecule is CCc1ccc(CNc2cc(NCC#N)ncn2)cc1. The molecular formula is C15H17N5. The highest BCUT2D eigenvalue weighted by molar-refractivity contribution is 5.47. The summed E-state index contributed by atoms with van der Waals surface area (Å²) >= 11 is 0. The van der Waals surface area contributed by atoms with Crippen molar-refractivity contribution in [1.82, 2.24) is 9.97 Å². The van der Waals surface area contributed by atoms with Gasteiger partial charge in [0.2, 0.25) is 0 Å². The maximum absolute atomic E-state index is 8.52. The molecule has 102 valence electrons. The number of aromatic nitrogens is 2. The summed E-state index contributed by atoms with van der Waals surface area (Å²) < 4.78 is 0. The molecule has 1 aromatic carbocycles. The Kier molecular flexibility index (Phi) is 4.90. The van der Waals surface area contributed by atoms with Gasteiger partial charge in [0.05, 0.1) is 6.07 Å². The number of nitriles is 1. The molecule has 5 nitrogen and oxygen atoms in total. The van der Waals surface area contributed by atoms with E-state index in [2.05, 4.69) is 51.8 Å². The normalized spacial score (nSPS) is 9.80. The molecule has 0 bridgehead atoms. The summed E-state index contributed by atoms with van der Waals surface area (Å²) in [6.45, 7) is 3.08. The number of nitrogens with zero attached hydrogens (tertiary/aromatic N) is 3. The molecule has 0 aliphatic rings. The molecule has 2 aromatic rings. The first-order valence-electron chi connectivity index (χ1n) is 6.56. The van der Waals surface area contributed by atoms with Crippen LogP contribution in [0.2, 0.25) is 0 Å². The van der Waals surface area contributed by atoms with Crippen LogP contribution in [0.5, 0.6) is 0 Å². The molecule has 0 fully saturated rings. The van der Waals surface area contributed by atoms with Crippen LogP contribution < -0.4 is 10.6 Å². The van der Waals surface area contributed by atoms with Crippen LogP contribution in [0.3, 0.4) is 0 Å². The fraction of sp³-hybridized carbons (Fsp3) is 0.267. The van der Waals surface area contributed by atoms with Crippen molar-refractivity contribution in [3.05, 3.63) is 47.8 Å². The van der Waals surface area contributed by atoms with Gasteiger partial charge in [-0.15, -0.1) is 0 Å². The van der Waals surface area contributed by atoms with Crippen molar-refractivity contribution in [2.24, 2.45) is 0 Å². The van der Waals surface area contributed by atoms with Gasteiger partial charge in [0, 0.05) is 12.6 Å². The average molecular weight is 267 g/mol. The molecule has 5 heteroatoms. The van der Waals surface area contributed by atoms with Gasteiger partial charge in [-0.3, -0.25) is 0 Å². The number of hydrogen-bond donors (Lipinski definition) is 2. The molecule has 2 rings (SSSR count). The smallest absolute Gasteiger partial charge is 0.132 e. The van der Waals surface area contributed by atoms with Crippen molar-refractivity contribution >= 4 is 11.6 Å². The van der Waals surface area contributed by atoms with Crippen LogP contribution in [-0.2, 0) is 13.0 Å². The van der Waals surface area contributed by atoms with E-state index in [1.807, 2.05) is 6.07 Å². The molecule has 0 unspecified atom stereocenters. The largest absolute Gasteiger partial charge is 0.366 e. The molecule has 0 radical (unpaired) electrons. The van der Waals surface area contributed by atoms with Gasteiger partial charge in [-0.1, -0.05) is 31.2 Å². The van der Waals surface area contributed by atoms with Gasteiger partial charge in [-0.25, -0.2) is 9.97 Å². The number of aryl methyl sites for hydroxylation is 1. The average Bonchev–Trinajstić information content (AvgIpc) is 2.52. The van der Waals surface area contributed by atoms with Gasteiger partial charge in [-0.05, 0) is 17.5 Å². The Morgan fingerprint density at radius 3 is 2.35 bits per heavy atom. The van der Waals surface area contributed by atoms with Gasteiger partial charge in [0.15, 0.2) is 0 Å². The highest BCUT2D eigenvalue weighted by atomic mass is 15.1. The van der Waals surface area contributed by atoms with E-state index in [0.29, 0.717) is 12.4 Å². The minimum absolute atomic E-state index is 0.231. The molecule has 0 spiro atoms. The molecule has 0 amide bonds. The Labute approximate surface area is 118 Å². The topological polar surface area (TPSA) is 73.6 Å². The molecule has 1 aromatic heterocycles. The zero-order chi connectivity index (χ0) is 14.2. The highest BCUT2D eigenvalue weighted by Crippen LogP contribution is 2.11. The van der Waals surface area contributed by atoms with Gasteiger partial charge in [0.25, 0.3) is 0 Å². The van der Waals surface area contributed by atoms with Crippen molar-refractivity contribution in [3.8, 4) is 6.07 Å². The van der Waals surface area contributed by atoms with E-state index >= 15 is 0 Å². The minimum Gasteiger partial charge on any atom is -0.366 e. The van der Waals surface area contributed by atoms with E-state index in [4.69, 9.17) is 5.26 Å². The molecule has 0 aliphatic heterocycles. The maximum Gasteiger partial charge on any atom is 0.132 e. The summed E-state index contributed by atoms with van der Waals surface area (Å²) in [5.41, 5.74) is 2.53. The van der Waals surface area contributed by atoms with Gasteiger partial charge in [0.1, 0.15) is 24.5 Å². The Bertz CT molecular complexity index is 586. The first-order valence-corrected chi connectivity index (χ1v) is 6.56. The third kappa shape index (κ3) is 3.95. The second-order valence-corrected chi connectivity index (χ2v) is 4.32. The van der Waals surface area contributed by atoms with Crippen molar-refractivity contribution in [2.75, 3.05) is 17.2 Å². The lowest BCUT2D eigenvalue weighted by molar-refractivity contribution is 1.07. The second-order valence-electron chi connectivity index (χ2n) is 4.32. The zero-order valence-corrected chi connectivity index (χ0v) is 11.4. The second kappa shape index (κ2) is 7.10. The summed E-state index contributed by atoms with van der Waals surface area (Å²) in [6, 6.07) is 12.3. The van der Waals surface area contributed by atoms with Gasteiger partial charge in [-0.2, -0.15) is 5.26 Å². The lowest BCUT2D eigenvalue weighted by Crippen LogP contribution is -2.05. The molecule has 0 saturated carbocycles.